The number of rotatable bonds is 7. The molecule has 0 aliphatic heterocycles. The van der Waals surface area contributed by atoms with Crippen molar-refractivity contribution >= 4 is 5.91 Å². The minimum atomic E-state index is -0.649. The molecule has 0 saturated carbocycles. The molecule has 0 aliphatic rings. The number of methoxy groups -OCH3 is 1. The van der Waals surface area contributed by atoms with Crippen molar-refractivity contribution < 1.29 is 14.6 Å². The predicted octanol–water partition coefficient (Wildman–Crippen LogP) is -1.95. The van der Waals surface area contributed by atoms with E-state index < -0.39 is 23.1 Å². The summed E-state index contributed by atoms with van der Waals surface area (Å²) in [4.78, 5) is 33.8. The summed E-state index contributed by atoms with van der Waals surface area (Å²) in [5.74, 6) is -0.423. The lowest BCUT2D eigenvalue weighted by molar-refractivity contribution is -0.122. The van der Waals surface area contributed by atoms with Crippen molar-refractivity contribution in [3.8, 4) is 0 Å². The van der Waals surface area contributed by atoms with Crippen molar-refractivity contribution in [1.82, 2.24) is 15.1 Å². The van der Waals surface area contributed by atoms with E-state index in [0.717, 1.165) is 16.8 Å². The van der Waals surface area contributed by atoms with Gasteiger partial charge in [-0.3, -0.25) is 19.5 Å². The molecule has 0 aromatic carbocycles. The lowest BCUT2D eigenvalue weighted by atomic mass is 10.2. The van der Waals surface area contributed by atoms with E-state index in [1.165, 1.54) is 7.11 Å². The summed E-state index contributed by atoms with van der Waals surface area (Å²) in [5, 5.41) is 14.1. The van der Waals surface area contributed by atoms with E-state index in [-0.39, 0.29) is 19.7 Å². The first kappa shape index (κ1) is 15.1. The van der Waals surface area contributed by atoms with Gasteiger partial charge in [-0.2, -0.15) is 0 Å². The van der Waals surface area contributed by atoms with E-state index in [4.69, 9.17) is 4.74 Å². The highest BCUT2D eigenvalue weighted by Gasteiger charge is 2.07. The molecule has 3 N–H and O–H groups in total. The number of aliphatic hydroxyl groups is 1. The molecule has 0 fully saturated rings. The third kappa shape index (κ3) is 5.49. The van der Waals surface area contributed by atoms with Crippen LogP contribution in [0.2, 0.25) is 0 Å². The van der Waals surface area contributed by atoms with Crippen LogP contribution in [-0.2, 0) is 16.1 Å². The van der Waals surface area contributed by atoms with Crippen molar-refractivity contribution in [3.63, 3.8) is 0 Å². The smallest absolute Gasteiger partial charge is 0.265 e. The molecule has 1 aromatic rings. The fraction of sp³-hybridized carbons (Fsp3) is 0.545. The summed E-state index contributed by atoms with van der Waals surface area (Å²) >= 11 is 0. The second kappa shape index (κ2) is 7.49. The van der Waals surface area contributed by atoms with Crippen molar-refractivity contribution in [2.75, 3.05) is 20.3 Å². The lowest BCUT2D eigenvalue weighted by Gasteiger charge is -2.10. The van der Waals surface area contributed by atoms with Gasteiger partial charge in [0.1, 0.15) is 6.54 Å². The predicted molar refractivity (Wildman–Crippen MR) is 66.8 cm³/mol. The number of nitrogens with zero attached hydrogens (tertiary/aromatic N) is 1. The van der Waals surface area contributed by atoms with Crippen molar-refractivity contribution in [2.45, 2.75) is 19.1 Å². The number of ether oxygens (including phenoxy) is 1. The van der Waals surface area contributed by atoms with Crippen LogP contribution >= 0.6 is 0 Å². The Morgan fingerprint density at radius 3 is 2.95 bits per heavy atom. The first-order chi connectivity index (χ1) is 9.02. The molecule has 0 radical (unpaired) electrons. The maximum atomic E-state index is 11.5. The average Bonchev–Trinajstić information content (AvgIpc) is 2.34. The van der Waals surface area contributed by atoms with Crippen LogP contribution < -0.4 is 16.4 Å². The first-order valence-corrected chi connectivity index (χ1v) is 5.77. The molecule has 1 heterocycles. The summed E-state index contributed by atoms with van der Waals surface area (Å²) in [5.41, 5.74) is -0.919. The van der Waals surface area contributed by atoms with Gasteiger partial charge in [-0.1, -0.05) is 0 Å². The molecule has 106 valence electrons. The molecular weight excluding hydrogens is 254 g/mol. The summed E-state index contributed by atoms with van der Waals surface area (Å²) in [6.07, 6.45) is -0.302. The lowest BCUT2D eigenvalue weighted by Crippen LogP contribution is -2.37. The molecule has 1 unspecified atom stereocenters. The highest BCUT2D eigenvalue weighted by molar-refractivity contribution is 5.75. The Hall–Kier alpha value is -1.93. The van der Waals surface area contributed by atoms with Crippen molar-refractivity contribution in [2.24, 2.45) is 0 Å². The Morgan fingerprint density at radius 1 is 1.53 bits per heavy atom. The van der Waals surface area contributed by atoms with Gasteiger partial charge in [-0.25, -0.2) is 4.68 Å². The number of aliphatic hydroxyl groups excluding tert-OH is 1. The van der Waals surface area contributed by atoms with E-state index in [1.807, 2.05) is 0 Å². The Bertz CT molecular complexity index is 522. The maximum absolute atomic E-state index is 11.5. The summed E-state index contributed by atoms with van der Waals surface area (Å²) in [6, 6.07) is 2.19. The zero-order valence-electron chi connectivity index (χ0n) is 10.6. The number of hydrogen-bond donors (Lipinski definition) is 3. The molecule has 8 nitrogen and oxygen atoms in total. The van der Waals surface area contributed by atoms with Gasteiger partial charge in [-0.15, -0.1) is 0 Å². The Morgan fingerprint density at radius 2 is 2.26 bits per heavy atom. The minimum absolute atomic E-state index is 0.196. The molecule has 1 rings (SSSR count). The number of aromatic amines is 1. The van der Waals surface area contributed by atoms with E-state index >= 15 is 0 Å². The zero-order chi connectivity index (χ0) is 14.3. The zero-order valence-corrected chi connectivity index (χ0v) is 10.6. The quantitative estimate of drug-likeness (QED) is 0.533. The highest BCUT2D eigenvalue weighted by atomic mass is 16.5. The molecule has 1 aromatic heterocycles. The molecule has 1 atom stereocenters. The van der Waals surface area contributed by atoms with Gasteiger partial charge in [-0.05, 0) is 6.42 Å². The topological polar surface area (TPSA) is 113 Å². The van der Waals surface area contributed by atoms with Gasteiger partial charge in [0.05, 0.1) is 12.7 Å². The monoisotopic (exact) mass is 271 g/mol. The fourth-order valence-electron chi connectivity index (χ4n) is 1.43. The number of H-pyrrole nitrogens is 1. The molecule has 1 amide bonds. The Labute approximate surface area is 109 Å². The van der Waals surface area contributed by atoms with Gasteiger partial charge >= 0.3 is 0 Å². The number of carbonyl (C=O) groups is 1. The number of hydrogen-bond acceptors (Lipinski definition) is 5. The average molecular weight is 271 g/mol. The molecule has 0 aliphatic carbocycles. The number of carbonyl (C=O) groups excluding carboxylic acids is 1. The van der Waals surface area contributed by atoms with Crippen LogP contribution in [0.25, 0.3) is 0 Å². The van der Waals surface area contributed by atoms with E-state index in [9.17, 15) is 19.5 Å². The standard InChI is InChI=1S/C11H17N3O5/c1-19-7-8(15)4-5-12-10(17)6-14-11(18)3-2-9(16)13-14/h2-3,8,15H,4-7H2,1H3,(H,12,17)(H,13,16). The minimum Gasteiger partial charge on any atom is -0.391 e. The van der Waals surface area contributed by atoms with Crippen LogP contribution in [0.1, 0.15) is 6.42 Å². The summed E-state index contributed by atoms with van der Waals surface area (Å²) < 4.78 is 5.66. The van der Waals surface area contributed by atoms with Crippen molar-refractivity contribution in [3.05, 3.63) is 32.8 Å². The first-order valence-electron chi connectivity index (χ1n) is 5.77. The summed E-state index contributed by atoms with van der Waals surface area (Å²) in [7, 11) is 1.47. The van der Waals surface area contributed by atoms with Gasteiger partial charge in [0.25, 0.3) is 11.1 Å². The van der Waals surface area contributed by atoms with Crippen LogP contribution in [0.15, 0.2) is 21.7 Å². The van der Waals surface area contributed by atoms with Gasteiger partial charge in [0, 0.05) is 25.8 Å². The van der Waals surface area contributed by atoms with E-state index in [0.29, 0.717) is 6.42 Å². The van der Waals surface area contributed by atoms with Crippen LogP contribution in [0, 0.1) is 0 Å². The molecule has 0 bridgehead atoms. The van der Waals surface area contributed by atoms with Gasteiger partial charge in [0.2, 0.25) is 5.91 Å². The second-order valence-electron chi connectivity index (χ2n) is 3.98. The van der Waals surface area contributed by atoms with Crippen LogP contribution in [0.3, 0.4) is 0 Å². The highest BCUT2D eigenvalue weighted by Crippen LogP contribution is 1.89. The van der Waals surface area contributed by atoms with E-state index in [2.05, 4.69) is 10.4 Å². The summed E-state index contributed by atoms with van der Waals surface area (Å²) in [6.45, 7) is 0.186. The van der Waals surface area contributed by atoms with Crippen molar-refractivity contribution in [1.29, 1.82) is 0 Å². The van der Waals surface area contributed by atoms with E-state index in [1.54, 1.807) is 0 Å². The van der Waals surface area contributed by atoms with Gasteiger partial charge in [0.15, 0.2) is 0 Å². The largest absolute Gasteiger partial charge is 0.391 e. The van der Waals surface area contributed by atoms with Crippen LogP contribution in [0.5, 0.6) is 0 Å². The second-order valence-corrected chi connectivity index (χ2v) is 3.98. The maximum Gasteiger partial charge on any atom is 0.265 e. The molecule has 8 heteroatoms. The third-order valence-electron chi connectivity index (χ3n) is 2.35. The van der Waals surface area contributed by atoms with Crippen LogP contribution in [0.4, 0.5) is 0 Å². The number of nitrogens with one attached hydrogen (secondary N) is 2. The molecular formula is C11H17N3O5. The fourth-order valence-corrected chi connectivity index (χ4v) is 1.43. The molecule has 0 saturated heterocycles. The Balaban J connectivity index is 2.41. The van der Waals surface area contributed by atoms with Gasteiger partial charge < -0.3 is 15.2 Å². The molecule has 19 heavy (non-hydrogen) atoms. The SMILES string of the molecule is COCC(O)CCNC(=O)Cn1[nH]c(=O)ccc1=O. The number of aromatic nitrogens is 2. The number of amides is 1. The normalized spacial score (nSPS) is 12.1. The van der Waals surface area contributed by atoms with Crippen LogP contribution in [-0.4, -0.2) is 47.2 Å². The molecule has 0 spiro atoms. The third-order valence-corrected chi connectivity index (χ3v) is 2.35. The Kier molecular flexibility index (Phi) is 5.97.